The quantitative estimate of drug-likeness (QED) is 0.483. The molecule has 0 saturated heterocycles. The largest absolute Gasteiger partial charge is 0.497 e. The minimum absolute atomic E-state index is 0.0803. The highest BCUT2D eigenvalue weighted by Gasteiger charge is 2.16. The minimum atomic E-state index is -0.509. The fraction of sp³-hybridized carbons (Fsp3) is 0.0588. The number of methoxy groups -OCH3 is 1. The van der Waals surface area contributed by atoms with Crippen LogP contribution in [0.5, 0.6) is 17.5 Å². The molecule has 128 valence electrons. The Morgan fingerprint density at radius 3 is 2.48 bits per heavy atom. The number of nitrogens with zero attached hydrogens (tertiary/aromatic N) is 2. The van der Waals surface area contributed by atoms with Gasteiger partial charge in [-0.1, -0.05) is 6.07 Å². The summed E-state index contributed by atoms with van der Waals surface area (Å²) in [5, 5.41) is 34.2. The number of benzene rings is 2. The summed E-state index contributed by atoms with van der Waals surface area (Å²) in [7, 11) is 1.54. The van der Waals surface area contributed by atoms with Crippen LogP contribution in [0.3, 0.4) is 0 Å². The van der Waals surface area contributed by atoms with Crippen LogP contribution in [0.4, 0.5) is 17.1 Å². The molecule has 0 spiro atoms. The number of hydrogen-bond acceptors (Lipinski definition) is 6. The number of ether oxygens (including phenoxy) is 1. The molecule has 3 aromatic rings. The van der Waals surface area contributed by atoms with Gasteiger partial charge in [-0.3, -0.25) is 10.1 Å². The molecule has 8 heteroatoms. The van der Waals surface area contributed by atoms with Crippen molar-refractivity contribution in [3.8, 4) is 23.2 Å². The van der Waals surface area contributed by atoms with E-state index in [0.717, 1.165) is 0 Å². The Morgan fingerprint density at radius 2 is 1.84 bits per heavy atom. The highest BCUT2D eigenvalue weighted by molar-refractivity contribution is 5.70. The van der Waals surface area contributed by atoms with Gasteiger partial charge in [-0.15, -0.1) is 0 Å². The Bertz CT molecular complexity index is 919. The molecule has 0 aliphatic rings. The summed E-state index contributed by atoms with van der Waals surface area (Å²) in [4.78, 5) is 10.3. The smallest absolute Gasteiger partial charge is 0.271 e. The second-order valence-corrected chi connectivity index (χ2v) is 5.21. The predicted octanol–water partition coefficient (Wildman–Crippen LogP) is 3.55. The van der Waals surface area contributed by atoms with Crippen LogP contribution in [0.1, 0.15) is 0 Å². The molecule has 3 N–H and O–H groups in total. The summed E-state index contributed by atoms with van der Waals surface area (Å²) in [5.74, 6) is 0.231. The summed E-state index contributed by atoms with van der Waals surface area (Å²) in [6, 6.07) is 13.9. The molecular weight excluding hydrogens is 326 g/mol. The van der Waals surface area contributed by atoms with E-state index in [1.807, 2.05) is 0 Å². The van der Waals surface area contributed by atoms with E-state index >= 15 is 0 Å². The third-order valence-corrected chi connectivity index (χ3v) is 3.62. The average Bonchev–Trinajstić information content (AvgIpc) is 2.89. The SMILES string of the molecule is COc1ccc(-n2c(O)cc(Nc3cccc([N+](=O)[O-])c3)c2O)cc1. The molecule has 0 amide bonds. The van der Waals surface area contributed by atoms with Gasteiger partial charge in [0.2, 0.25) is 11.8 Å². The fourth-order valence-corrected chi connectivity index (χ4v) is 2.42. The van der Waals surface area contributed by atoms with Crippen molar-refractivity contribution in [1.29, 1.82) is 0 Å². The van der Waals surface area contributed by atoms with E-state index in [0.29, 0.717) is 17.1 Å². The van der Waals surface area contributed by atoms with Gasteiger partial charge in [0.1, 0.15) is 11.4 Å². The second kappa shape index (κ2) is 6.44. The first-order valence-corrected chi connectivity index (χ1v) is 7.29. The number of rotatable bonds is 5. The molecule has 0 aliphatic carbocycles. The summed E-state index contributed by atoms with van der Waals surface area (Å²) >= 11 is 0. The van der Waals surface area contributed by atoms with Crippen LogP contribution in [0.15, 0.2) is 54.6 Å². The molecule has 0 aliphatic heterocycles. The van der Waals surface area contributed by atoms with E-state index in [9.17, 15) is 20.3 Å². The number of nitro benzene ring substituents is 1. The molecule has 1 aromatic heterocycles. The Morgan fingerprint density at radius 1 is 1.12 bits per heavy atom. The van der Waals surface area contributed by atoms with Gasteiger partial charge in [-0.05, 0) is 30.3 Å². The molecule has 2 aromatic carbocycles. The topological polar surface area (TPSA) is 110 Å². The zero-order chi connectivity index (χ0) is 18.0. The van der Waals surface area contributed by atoms with Crippen LogP contribution in [0.2, 0.25) is 0 Å². The second-order valence-electron chi connectivity index (χ2n) is 5.21. The van der Waals surface area contributed by atoms with Gasteiger partial charge >= 0.3 is 0 Å². The molecule has 0 saturated carbocycles. The lowest BCUT2D eigenvalue weighted by atomic mass is 10.2. The molecule has 0 bridgehead atoms. The van der Waals surface area contributed by atoms with Crippen LogP contribution in [0.25, 0.3) is 5.69 Å². The average molecular weight is 341 g/mol. The lowest BCUT2D eigenvalue weighted by molar-refractivity contribution is -0.384. The van der Waals surface area contributed by atoms with Crippen molar-refractivity contribution in [3.63, 3.8) is 0 Å². The molecule has 0 radical (unpaired) electrons. The molecule has 1 heterocycles. The van der Waals surface area contributed by atoms with E-state index in [2.05, 4.69) is 5.32 Å². The number of hydrogen-bond donors (Lipinski definition) is 3. The van der Waals surface area contributed by atoms with E-state index in [-0.39, 0.29) is 23.1 Å². The molecule has 3 rings (SSSR count). The van der Waals surface area contributed by atoms with Gasteiger partial charge in [0.25, 0.3) is 5.69 Å². The van der Waals surface area contributed by atoms with Crippen LogP contribution < -0.4 is 10.1 Å². The van der Waals surface area contributed by atoms with E-state index in [1.165, 1.54) is 28.8 Å². The van der Waals surface area contributed by atoms with Crippen molar-refractivity contribution in [2.75, 3.05) is 12.4 Å². The van der Waals surface area contributed by atoms with Gasteiger partial charge in [-0.2, -0.15) is 0 Å². The van der Waals surface area contributed by atoms with Crippen molar-refractivity contribution < 1.29 is 19.9 Å². The lowest BCUT2D eigenvalue weighted by Crippen LogP contribution is -1.95. The van der Waals surface area contributed by atoms with Gasteiger partial charge in [0.15, 0.2) is 0 Å². The van der Waals surface area contributed by atoms with Crippen molar-refractivity contribution >= 4 is 17.1 Å². The zero-order valence-electron chi connectivity index (χ0n) is 13.2. The Hall–Kier alpha value is -3.68. The maximum absolute atomic E-state index is 10.8. The standard InChI is InChI=1S/C17H15N3O5/c1-25-14-7-5-12(6-8-14)19-16(21)10-15(17(19)22)18-11-3-2-4-13(9-11)20(23)24/h2-10,18,21-22H,1H3. The van der Waals surface area contributed by atoms with E-state index < -0.39 is 4.92 Å². The Kier molecular flexibility index (Phi) is 4.17. The van der Waals surface area contributed by atoms with Gasteiger partial charge in [0.05, 0.1) is 17.7 Å². The fourth-order valence-electron chi connectivity index (χ4n) is 2.42. The minimum Gasteiger partial charge on any atom is -0.497 e. The van der Waals surface area contributed by atoms with Crippen molar-refractivity contribution in [3.05, 3.63) is 64.7 Å². The first-order valence-electron chi connectivity index (χ1n) is 7.29. The van der Waals surface area contributed by atoms with Crippen molar-refractivity contribution in [1.82, 2.24) is 4.57 Å². The number of nitrogens with one attached hydrogen (secondary N) is 1. The molecule has 8 nitrogen and oxygen atoms in total. The highest BCUT2D eigenvalue weighted by atomic mass is 16.6. The number of anilines is 2. The highest BCUT2D eigenvalue weighted by Crippen LogP contribution is 2.37. The van der Waals surface area contributed by atoms with Gasteiger partial charge in [-0.25, -0.2) is 4.57 Å². The van der Waals surface area contributed by atoms with E-state index in [1.54, 1.807) is 37.4 Å². The van der Waals surface area contributed by atoms with Crippen LogP contribution >= 0.6 is 0 Å². The predicted molar refractivity (Wildman–Crippen MR) is 92.0 cm³/mol. The summed E-state index contributed by atoms with van der Waals surface area (Å²) < 4.78 is 6.31. The first-order chi connectivity index (χ1) is 12.0. The maximum atomic E-state index is 10.8. The monoisotopic (exact) mass is 341 g/mol. The molecule has 0 atom stereocenters. The number of nitro groups is 1. The number of aromatic nitrogens is 1. The summed E-state index contributed by atoms with van der Waals surface area (Å²) in [6.45, 7) is 0. The zero-order valence-corrected chi connectivity index (χ0v) is 13.2. The van der Waals surface area contributed by atoms with Crippen molar-refractivity contribution in [2.45, 2.75) is 0 Å². The molecular formula is C17H15N3O5. The van der Waals surface area contributed by atoms with Crippen LogP contribution in [0, 0.1) is 10.1 Å². The van der Waals surface area contributed by atoms with Gasteiger partial charge < -0.3 is 20.3 Å². The van der Waals surface area contributed by atoms with Crippen LogP contribution in [-0.2, 0) is 0 Å². The van der Waals surface area contributed by atoms with Gasteiger partial charge in [0, 0.05) is 23.9 Å². The Balaban J connectivity index is 1.94. The first kappa shape index (κ1) is 16.2. The Labute approximate surface area is 142 Å². The van der Waals surface area contributed by atoms with Crippen molar-refractivity contribution in [2.24, 2.45) is 0 Å². The van der Waals surface area contributed by atoms with E-state index in [4.69, 9.17) is 4.74 Å². The molecule has 0 fully saturated rings. The van der Waals surface area contributed by atoms with Crippen LogP contribution in [-0.4, -0.2) is 26.8 Å². The maximum Gasteiger partial charge on any atom is 0.271 e. The summed E-state index contributed by atoms with van der Waals surface area (Å²) in [5.41, 5.74) is 1.08. The molecule has 0 unspecified atom stereocenters. The summed E-state index contributed by atoms with van der Waals surface area (Å²) in [6.07, 6.45) is 0. The lowest BCUT2D eigenvalue weighted by Gasteiger charge is -2.09. The molecule has 25 heavy (non-hydrogen) atoms. The normalized spacial score (nSPS) is 10.4. The third-order valence-electron chi connectivity index (χ3n) is 3.62. The number of non-ortho nitro benzene ring substituents is 1. The third kappa shape index (κ3) is 3.18. The number of aromatic hydroxyl groups is 2.